The van der Waals surface area contributed by atoms with Gasteiger partial charge in [-0.3, -0.25) is 0 Å². The van der Waals surface area contributed by atoms with Crippen LogP contribution in [0, 0.1) is 0 Å². The molecule has 0 saturated heterocycles. The molecule has 0 bridgehead atoms. The summed E-state index contributed by atoms with van der Waals surface area (Å²) in [5, 5.41) is 0. The summed E-state index contributed by atoms with van der Waals surface area (Å²) < 4.78 is 13.5. The number of rotatable bonds is 8. The zero-order valence-electron chi connectivity index (χ0n) is 15.4. The number of aromatic nitrogens is 2. The van der Waals surface area contributed by atoms with Crippen molar-refractivity contribution < 1.29 is 9.47 Å². The molecule has 1 aromatic heterocycles. The number of methoxy groups -OCH3 is 2. The molecule has 0 atom stereocenters. The molecule has 0 aliphatic heterocycles. The molecule has 136 valence electrons. The highest BCUT2D eigenvalue weighted by molar-refractivity contribution is 7.98. The third-order valence-corrected chi connectivity index (χ3v) is 4.99. The Kier molecular flexibility index (Phi) is 6.23. The van der Waals surface area contributed by atoms with Crippen molar-refractivity contribution >= 4 is 11.8 Å². The minimum Gasteiger partial charge on any atom is -0.496 e. The Labute approximate surface area is 159 Å². The molecule has 26 heavy (non-hydrogen) atoms. The predicted octanol–water partition coefficient (Wildman–Crippen LogP) is 4.99. The van der Waals surface area contributed by atoms with E-state index in [1.165, 1.54) is 0 Å². The van der Waals surface area contributed by atoms with E-state index in [1.54, 1.807) is 14.2 Å². The van der Waals surface area contributed by atoms with Gasteiger partial charge < -0.3 is 14.0 Å². The summed E-state index contributed by atoms with van der Waals surface area (Å²) in [4.78, 5) is 4.74. The molecule has 3 rings (SSSR count). The van der Waals surface area contributed by atoms with Gasteiger partial charge in [0.15, 0.2) is 0 Å². The van der Waals surface area contributed by atoms with E-state index in [0.717, 1.165) is 52.7 Å². The van der Waals surface area contributed by atoms with Crippen molar-refractivity contribution in [1.29, 1.82) is 0 Å². The van der Waals surface area contributed by atoms with Gasteiger partial charge in [-0.05, 0) is 30.6 Å². The quantitative estimate of drug-likeness (QED) is 0.525. The van der Waals surface area contributed by atoms with Crippen LogP contribution in [0.4, 0.5) is 0 Å². The van der Waals surface area contributed by atoms with Gasteiger partial charge in [-0.1, -0.05) is 36.4 Å². The van der Waals surface area contributed by atoms with Crippen molar-refractivity contribution in [2.75, 3.05) is 26.2 Å². The third kappa shape index (κ3) is 3.73. The van der Waals surface area contributed by atoms with E-state index >= 15 is 0 Å². The zero-order valence-corrected chi connectivity index (χ0v) is 16.3. The van der Waals surface area contributed by atoms with Crippen molar-refractivity contribution in [1.82, 2.24) is 9.55 Å². The maximum Gasteiger partial charge on any atom is 0.132 e. The number of hydrogen-bond acceptors (Lipinski definition) is 4. The van der Waals surface area contributed by atoms with E-state index in [1.807, 2.05) is 54.5 Å². The van der Waals surface area contributed by atoms with Crippen molar-refractivity contribution in [3.63, 3.8) is 0 Å². The molecule has 0 unspecified atom stereocenters. The highest BCUT2D eigenvalue weighted by Gasteiger charge is 2.22. The lowest BCUT2D eigenvalue weighted by Gasteiger charge is -2.16. The van der Waals surface area contributed by atoms with Gasteiger partial charge in [-0.15, -0.1) is 0 Å². The van der Waals surface area contributed by atoms with Gasteiger partial charge in [-0.2, -0.15) is 11.8 Å². The van der Waals surface area contributed by atoms with Gasteiger partial charge in [0.1, 0.15) is 11.5 Å². The largest absolute Gasteiger partial charge is 0.496 e. The van der Waals surface area contributed by atoms with Crippen LogP contribution in [0.1, 0.15) is 6.42 Å². The van der Waals surface area contributed by atoms with Crippen molar-refractivity contribution in [2.45, 2.75) is 13.0 Å². The van der Waals surface area contributed by atoms with Crippen LogP contribution in [0.5, 0.6) is 11.5 Å². The maximum atomic E-state index is 5.66. The highest BCUT2D eigenvalue weighted by Crippen LogP contribution is 2.42. The van der Waals surface area contributed by atoms with E-state index in [2.05, 4.69) is 23.0 Å². The molecular weight excluding hydrogens is 344 g/mol. The van der Waals surface area contributed by atoms with Crippen molar-refractivity contribution in [2.24, 2.45) is 0 Å². The molecule has 0 N–H and O–H groups in total. The number of hydrogen-bond donors (Lipinski definition) is 0. The summed E-state index contributed by atoms with van der Waals surface area (Å²) in [5.74, 6) is 2.68. The zero-order chi connectivity index (χ0) is 18.4. The van der Waals surface area contributed by atoms with Crippen LogP contribution in [-0.4, -0.2) is 35.8 Å². The van der Waals surface area contributed by atoms with Crippen LogP contribution in [0.2, 0.25) is 0 Å². The van der Waals surface area contributed by atoms with Gasteiger partial charge in [0.2, 0.25) is 0 Å². The molecule has 0 aliphatic rings. The molecule has 4 nitrogen and oxygen atoms in total. The lowest BCUT2D eigenvalue weighted by atomic mass is 10.0. The smallest absolute Gasteiger partial charge is 0.132 e. The minimum atomic E-state index is 0.785. The Hall–Kier alpha value is -2.40. The Balaban J connectivity index is 2.19. The van der Waals surface area contributed by atoms with Crippen molar-refractivity contribution in [3.8, 4) is 34.0 Å². The molecule has 2 aromatic carbocycles. The molecule has 0 amide bonds. The second-order valence-corrected chi connectivity index (χ2v) is 6.87. The highest BCUT2D eigenvalue weighted by atomic mass is 32.2. The topological polar surface area (TPSA) is 36.3 Å². The summed E-state index contributed by atoms with van der Waals surface area (Å²) in [6, 6.07) is 16.1. The first-order valence-corrected chi connectivity index (χ1v) is 10.0. The third-order valence-electron chi connectivity index (χ3n) is 4.30. The molecule has 0 saturated carbocycles. The van der Waals surface area contributed by atoms with E-state index in [0.29, 0.717) is 0 Å². The van der Waals surface area contributed by atoms with Crippen LogP contribution in [0.3, 0.4) is 0 Å². The minimum absolute atomic E-state index is 0.785. The molecule has 1 heterocycles. The fourth-order valence-electron chi connectivity index (χ4n) is 3.08. The number of ether oxygens (including phenoxy) is 2. The Bertz CT molecular complexity index is 824. The maximum absolute atomic E-state index is 5.66. The first kappa shape index (κ1) is 18.4. The standard InChI is InChI=1S/C21H24N2O2S/c1-24-17-11-7-12-18(25-2)19(17)21-20(16-9-5-4-6-10-16)22-15-23(21)13-8-14-26-3/h4-7,9-12,15H,8,13-14H2,1-3H3. The van der Waals surface area contributed by atoms with E-state index in [9.17, 15) is 0 Å². The average molecular weight is 369 g/mol. The first-order valence-electron chi connectivity index (χ1n) is 8.61. The van der Waals surface area contributed by atoms with Gasteiger partial charge in [-0.25, -0.2) is 4.98 Å². The van der Waals surface area contributed by atoms with Crippen LogP contribution >= 0.6 is 11.8 Å². The van der Waals surface area contributed by atoms with Gasteiger partial charge in [0, 0.05) is 12.1 Å². The molecule has 5 heteroatoms. The van der Waals surface area contributed by atoms with Gasteiger partial charge in [0.05, 0.1) is 37.5 Å². The fourth-order valence-corrected chi connectivity index (χ4v) is 3.50. The summed E-state index contributed by atoms with van der Waals surface area (Å²) in [7, 11) is 3.38. The number of nitrogens with zero attached hydrogens (tertiary/aromatic N) is 2. The van der Waals surface area contributed by atoms with E-state index in [4.69, 9.17) is 14.5 Å². The average Bonchev–Trinajstić information content (AvgIpc) is 3.11. The lowest BCUT2D eigenvalue weighted by molar-refractivity contribution is 0.396. The Morgan fingerprint density at radius 1 is 0.962 bits per heavy atom. The van der Waals surface area contributed by atoms with Crippen LogP contribution in [0.15, 0.2) is 54.9 Å². The fraction of sp³-hybridized carbons (Fsp3) is 0.286. The van der Waals surface area contributed by atoms with E-state index in [-0.39, 0.29) is 0 Å². The lowest BCUT2D eigenvalue weighted by Crippen LogP contribution is -2.03. The number of imidazole rings is 1. The van der Waals surface area contributed by atoms with Crippen molar-refractivity contribution in [3.05, 3.63) is 54.9 Å². The Morgan fingerprint density at radius 2 is 1.65 bits per heavy atom. The number of benzene rings is 2. The van der Waals surface area contributed by atoms with Gasteiger partial charge in [0.25, 0.3) is 0 Å². The van der Waals surface area contributed by atoms with E-state index < -0.39 is 0 Å². The van der Waals surface area contributed by atoms with Crippen LogP contribution in [0.25, 0.3) is 22.5 Å². The second kappa shape index (κ2) is 8.81. The summed E-state index contributed by atoms with van der Waals surface area (Å²) >= 11 is 1.86. The second-order valence-electron chi connectivity index (χ2n) is 5.89. The molecule has 3 aromatic rings. The summed E-state index contributed by atoms with van der Waals surface area (Å²) in [6.45, 7) is 0.900. The van der Waals surface area contributed by atoms with Crippen LogP contribution in [-0.2, 0) is 6.54 Å². The van der Waals surface area contributed by atoms with Gasteiger partial charge >= 0.3 is 0 Å². The molecule has 0 aliphatic carbocycles. The molecule has 0 radical (unpaired) electrons. The predicted molar refractivity (Wildman–Crippen MR) is 109 cm³/mol. The number of thioether (sulfide) groups is 1. The number of aryl methyl sites for hydroxylation is 1. The molecular formula is C21H24N2O2S. The van der Waals surface area contributed by atoms with Crippen LogP contribution < -0.4 is 9.47 Å². The summed E-state index contributed by atoms with van der Waals surface area (Å²) in [5.41, 5.74) is 4.00. The molecule has 0 fully saturated rings. The SMILES string of the molecule is COc1cccc(OC)c1-c1c(-c2ccccc2)ncn1CCCSC. The first-order chi connectivity index (χ1) is 12.8. The Morgan fingerprint density at radius 3 is 2.27 bits per heavy atom. The monoisotopic (exact) mass is 368 g/mol. The molecule has 0 spiro atoms. The summed E-state index contributed by atoms with van der Waals surface area (Å²) in [6.07, 6.45) is 5.13. The normalized spacial score (nSPS) is 10.7.